The van der Waals surface area contributed by atoms with Crippen LogP contribution in [0.25, 0.3) is 16.6 Å². The van der Waals surface area contributed by atoms with Crippen molar-refractivity contribution in [2.75, 3.05) is 11.1 Å². The molecule has 0 aliphatic heterocycles. The summed E-state index contributed by atoms with van der Waals surface area (Å²) in [5, 5.41) is 3.33. The van der Waals surface area contributed by atoms with Crippen LogP contribution in [0.3, 0.4) is 0 Å². The Bertz CT molecular complexity index is 1390. The number of thioether (sulfide) groups is 1. The summed E-state index contributed by atoms with van der Waals surface area (Å²) in [6.07, 6.45) is 0. The zero-order chi connectivity index (χ0) is 22.8. The number of nitrogens with zero attached hydrogens (tertiary/aromatic N) is 2. The van der Waals surface area contributed by atoms with E-state index in [9.17, 15) is 14.0 Å². The number of hydrogen-bond acceptors (Lipinski definition) is 4. The Morgan fingerprint density at radius 2 is 1.88 bits per heavy atom. The molecule has 0 saturated carbocycles. The number of fused-ring (bicyclic) bond motifs is 1. The zero-order valence-corrected chi connectivity index (χ0v) is 19.8. The minimum atomic E-state index is -0.386. The molecule has 32 heavy (non-hydrogen) atoms. The minimum absolute atomic E-state index is 0.110. The lowest BCUT2D eigenvalue weighted by atomic mass is 10.1. The quantitative estimate of drug-likeness (QED) is 0.352. The van der Waals surface area contributed by atoms with Crippen LogP contribution in [-0.4, -0.2) is 21.2 Å². The fourth-order valence-electron chi connectivity index (χ4n) is 3.37. The number of rotatable bonds is 5. The molecular formula is C24H19BrFN3O2S. The summed E-state index contributed by atoms with van der Waals surface area (Å²) in [5.74, 6) is 0.230. The van der Waals surface area contributed by atoms with E-state index in [0.29, 0.717) is 27.1 Å². The van der Waals surface area contributed by atoms with E-state index in [1.165, 1.54) is 30.0 Å². The van der Waals surface area contributed by atoms with Crippen molar-refractivity contribution in [1.82, 2.24) is 9.55 Å². The maximum Gasteiger partial charge on any atom is 0.265 e. The normalized spacial score (nSPS) is 11.0. The molecule has 4 rings (SSSR count). The van der Waals surface area contributed by atoms with Gasteiger partial charge in [0.1, 0.15) is 11.6 Å². The minimum Gasteiger partial charge on any atom is -0.325 e. The van der Waals surface area contributed by atoms with E-state index in [0.717, 1.165) is 16.0 Å². The highest BCUT2D eigenvalue weighted by molar-refractivity contribution is 9.10. The number of benzene rings is 3. The van der Waals surface area contributed by atoms with Crippen LogP contribution in [0, 0.1) is 19.7 Å². The number of aromatic nitrogens is 2. The first kappa shape index (κ1) is 22.2. The van der Waals surface area contributed by atoms with Crippen LogP contribution in [-0.2, 0) is 4.79 Å². The second-order valence-corrected chi connectivity index (χ2v) is 9.13. The van der Waals surface area contributed by atoms with E-state index < -0.39 is 0 Å². The standard InChI is InChI=1S/C24H19BrFN3O2S/c1-14-4-3-5-19-23(14)27-15(2)29(24(19)31)17-7-9-18(10-8-17)32-13-22(30)28-16-6-11-21(26)20(25)12-16/h3-12H,13H2,1-2H3,(H,28,30). The van der Waals surface area contributed by atoms with Crippen LogP contribution >= 0.6 is 27.7 Å². The molecule has 0 aliphatic rings. The molecular weight excluding hydrogens is 493 g/mol. The molecule has 162 valence electrons. The fourth-order valence-corrected chi connectivity index (χ4v) is 4.45. The van der Waals surface area contributed by atoms with Gasteiger partial charge >= 0.3 is 0 Å². The summed E-state index contributed by atoms with van der Waals surface area (Å²) in [6.45, 7) is 3.75. The SMILES string of the molecule is Cc1cccc2c(=O)n(-c3ccc(SCC(=O)Nc4ccc(F)c(Br)c4)cc3)c(C)nc12. The van der Waals surface area contributed by atoms with Crippen LogP contribution in [0.15, 0.2) is 74.8 Å². The van der Waals surface area contributed by atoms with E-state index in [2.05, 4.69) is 26.2 Å². The molecule has 5 nitrogen and oxygen atoms in total. The van der Waals surface area contributed by atoms with Gasteiger partial charge < -0.3 is 5.32 Å². The van der Waals surface area contributed by atoms with Gasteiger partial charge in [0.2, 0.25) is 5.91 Å². The van der Waals surface area contributed by atoms with E-state index in [4.69, 9.17) is 0 Å². The fraction of sp³-hybridized carbons (Fsp3) is 0.125. The highest BCUT2D eigenvalue weighted by Gasteiger charge is 2.12. The van der Waals surface area contributed by atoms with Gasteiger partial charge in [-0.25, -0.2) is 9.37 Å². The molecule has 3 aromatic carbocycles. The molecule has 4 aromatic rings. The second-order valence-electron chi connectivity index (χ2n) is 7.23. The van der Waals surface area contributed by atoms with Crippen molar-refractivity contribution in [1.29, 1.82) is 0 Å². The van der Waals surface area contributed by atoms with Crippen LogP contribution in [0.5, 0.6) is 0 Å². The molecule has 1 heterocycles. The Labute approximate surface area is 196 Å². The summed E-state index contributed by atoms with van der Waals surface area (Å²) in [6, 6.07) is 17.3. The summed E-state index contributed by atoms with van der Waals surface area (Å²) >= 11 is 4.48. The van der Waals surface area contributed by atoms with Crippen molar-refractivity contribution >= 4 is 50.2 Å². The van der Waals surface area contributed by atoms with Crippen LogP contribution in [0.2, 0.25) is 0 Å². The van der Waals surface area contributed by atoms with Crippen LogP contribution in [0.1, 0.15) is 11.4 Å². The number of hydrogen-bond donors (Lipinski definition) is 1. The molecule has 0 aliphatic carbocycles. The van der Waals surface area contributed by atoms with Crippen molar-refractivity contribution in [2.45, 2.75) is 18.7 Å². The van der Waals surface area contributed by atoms with Crippen molar-refractivity contribution in [3.8, 4) is 5.69 Å². The van der Waals surface area contributed by atoms with Gasteiger partial charge in [-0.05, 0) is 83.9 Å². The van der Waals surface area contributed by atoms with Gasteiger partial charge in [-0.2, -0.15) is 0 Å². The summed E-state index contributed by atoms with van der Waals surface area (Å²) < 4.78 is 15.2. The summed E-state index contributed by atoms with van der Waals surface area (Å²) in [7, 11) is 0. The van der Waals surface area contributed by atoms with Gasteiger partial charge in [0, 0.05) is 10.6 Å². The predicted octanol–water partition coefficient (Wildman–Crippen LogP) is 5.63. The topological polar surface area (TPSA) is 64.0 Å². The molecule has 0 unspecified atom stereocenters. The molecule has 1 aromatic heterocycles. The van der Waals surface area contributed by atoms with Gasteiger partial charge in [-0.1, -0.05) is 12.1 Å². The van der Waals surface area contributed by atoms with Gasteiger partial charge in [0.05, 0.1) is 26.8 Å². The lowest BCUT2D eigenvalue weighted by Crippen LogP contribution is -2.22. The molecule has 1 N–H and O–H groups in total. The molecule has 0 saturated heterocycles. The third-order valence-electron chi connectivity index (χ3n) is 4.94. The number of halogens is 2. The number of aryl methyl sites for hydroxylation is 2. The first-order valence-electron chi connectivity index (χ1n) is 9.80. The summed E-state index contributed by atoms with van der Waals surface area (Å²) in [5.41, 5.74) is 2.81. The van der Waals surface area contributed by atoms with Gasteiger partial charge in [0.25, 0.3) is 5.56 Å². The van der Waals surface area contributed by atoms with Gasteiger partial charge in [-0.3, -0.25) is 14.2 Å². The maximum absolute atomic E-state index is 13.3. The number of carbonyl (C=O) groups excluding carboxylic acids is 1. The highest BCUT2D eigenvalue weighted by Crippen LogP contribution is 2.23. The third-order valence-corrected chi connectivity index (χ3v) is 6.56. The smallest absolute Gasteiger partial charge is 0.265 e. The Kier molecular flexibility index (Phi) is 6.43. The monoisotopic (exact) mass is 511 g/mol. The Hall–Kier alpha value is -2.97. The second kappa shape index (κ2) is 9.26. The average Bonchev–Trinajstić information content (AvgIpc) is 2.77. The van der Waals surface area contributed by atoms with E-state index in [1.54, 1.807) is 10.6 Å². The molecule has 8 heteroatoms. The third kappa shape index (κ3) is 4.61. The van der Waals surface area contributed by atoms with E-state index >= 15 is 0 Å². The number of nitrogens with one attached hydrogen (secondary N) is 1. The maximum atomic E-state index is 13.3. The lowest BCUT2D eigenvalue weighted by Gasteiger charge is -2.12. The first-order chi connectivity index (χ1) is 15.3. The van der Waals surface area contributed by atoms with Crippen molar-refractivity contribution < 1.29 is 9.18 Å². The molecule has 1 amide bonds. The van der Waals surface area contributed by atoms with Crippen LogP contribution < -0.4 is 10.9 Å². The summed E-state index contributed by atoms with van der Waals surface area (Å²) in [4.78, 5) is 30.8. The number of para-hydroxylation sites is 1. The molecule has 0 fully saturated rings. The van der Waals surface area contributed by atoms with Gasteiger partial charge in [-0.15, -0.1) is 11.8 Å². The Morgan fingerprint density at radius 3 is 2.59 bits per heavy atom. The molecule has 0 atom stereocenters. The number of amides is 1. The van der Waals surface area contributed by atoms with E-state index in [1.807, 2.05) is 50.2 Å². The molecule has 0 spiro atoms. The van der Waals surface area contributed by atoms with Crippen LogP contribution in [0.4, 0.5) is 10.1 Å². The van der Waals surface area contributed by atoms with Gasteiger partial charge in [0.15, 0.2) is 0 Å². The lowest BCUT2D eigenvalue weighted by molar-refractivity contribution is -0.113. The first-order valence-corrected chi connectivity index (χ1v) is 11.6. The average molecular weight is 512 g/mol. The van der Waals surface area contributed by atoms with Crippen molar-refractivity contribution in [2.24, 2.45) is 0 Å². The number of carbonyl (C=O) groups is 1. The Balaban J connectivity index is 1.48. The zero-order valence-electron chi connectivity index (χ0n) is 17.4. The molecule has 0 radical (unpaired) electrons. The number of anilines is 1. The predicted molar refractivity (Wildman–Crippen MR) is 130 cm³/mol. The Morgan fingerprint density at radius 1 is 1.12 bits per heavy atom. The molecule has 0 bridgehead atoms. The highest BCUT2D eigenvalue weighted by atomic mass is 79.9. The largest absolute Gasteiger partial charge is 0.325 e. The van der Waals surface area contributed by atoms with E-state index in [-0.39, 0.29) is 23.0 Å². The van der Waals surface area contributed by atoms with Crippen molar-refractivity contribution in [3.05, 3.63) is 92.7 Å². The van der Waals surface area contributed by atoms with Crippen molar-refractivity contribution in [3.63, 3.8) is 0 Å².